The number of amides is 1. The molecule has 0 fully saturated rings. The molecule has 2 aromatic rings. The second-order valence-electron chi connectivity index (χ2n) is 4.28. The number of benzene rings is 1. The molecule has 1 aromatic heterocycles. The molecule has 2 rings (SSSR count). The van der Waals surface area contributed by atoms with Crippen molar-refractivity contribution in [3.05, 3.63) is 62.0 Å². The Balaban J connectivity index is 2.31. The van der Waals surface area contributed by atoms with Gasteiger partial charge in [0.05, 0.1) is 0 Å². The van der Waals surface area contributed by atoms with Crippen LogP contribution in [0.5, 0.6) is 0 Å². The van der Waals surface area contributed by atoms with Crippen LogP contribution in [0.3, 0.4) is 0 Å². The Kier molecular flexibility index (Phi) is 3.85. The third-order valence-electron chi connectivity index (χ3n) is 2.83. The van der Waals surface area contributed by atoms with E-state index in [1.54, 1.807) is 25.1 Å². The maximum Gasteiger partial charge on any atom is 0.261 e. The van der Waals surface area contributed by atoms with E-state index in [2.05, 4.69) is 26.2 Å². The monoisotopic (exact) mass is 320 g/mol. The van der Waals surface area contributed by atoms with Gasteiger partial charge in [-0.05, 0) is 43.2 Å². The van der Waals surface area contributed by atoms with Gasteiger partial charge in [0.15, 0.2) is 0 Å². The third-order valence-corrected chi connectivity index (χ3v) is 3.68. The van der Waals surface area contributed by atoms with E-state index in [1.807, 2.05) is 13.0 Å². The quantitative estimate of drug-likeness (QED) is 0.893. The van der Waals surface area contributed by atoms with Gasteiger partial charge in [-0.15, -0.1) is 0 Å². The van der Waals surface area contributed by atoms with Crippen molar-refractivity contribution in [2.24, 2.45) is 0 Å². The molecular weight excluding hydrogens is 308 g/mol. The fraction of sp³-hybridized carbons (Fsp3) is 0.143. The first-order valence-corrected chi connectivity index (χ1v) is 6.54. The smallest absolute Gasteiger partial charge is 0.261 e. The predicted octanol–water partition coefficient (Wildman–Crippen LogP) is 3.01. The van der Waals surface area contributed by atoms with Gasteiger partial charge in [0.1, 0.15) is 5.56 Å². The van der Waals surface area contributed by atoms with Crippen molar-refractivity contribution in [3.63, 3.8) is 0 Å². The van der Waals surface area contributed by atoms with Crippen LogP contribution >= 0.6 is 15.9 Å². The highest BCUT2D eigenvalue weighted by molar-refractivity contribution is 9.10. The van der Waals surface area contributed by atoms with E-state index in [0.717, 1.165) is 10.0 Å². The summed E-state index contributed by atoms with van der Waals surface area (Å²) in [5.41, 5.74) is 2.12. The van der Waals surface area contributed by atoms with Crippen LogP contribution in [0.15, 0.2) is 39.7 Å². The van der Waals surface area contributed by atoms with E-state index in [1.165, 1.54) is 6.20 Å². The molecule has 0 atom stereocenters. The number of carbonyl (C=O) groups excluding carboxylic acids is 1. The molecule has 0 aliphatic carbocycles. The number of rotatable bonds is 2. The molecule has 0 spiro atoms. The minimum Gasteiger partial charge on any atom is -0.328 e. The Morgan fingerprint density at radius 2 is 1.95 bits per heavy atom. The first-order valence-electron chi connectivity index (χ1n) is 5.75. The average Bonchev–Trinajstić information content (AvgIpc) is 2.33. The van der Waals surface area contributed by atoms with E-state index in [9.17, 15) is 9.59 Å². The molecular formula is C14H13BrN2O2. The number of anilines is 1. The molecule has 0 saturated carbocycles. The van der Waals surface area contributed by atoms with Crippen molar-refractivity contribution in [1.82, 2.24) is 4.98 Å². The Bertz CT molecular complexity index is 692. The molecule has 0 unspecified atom stereocenters. The lowest BCUT2D eigenvalue weighted by atomic mass is 10.1. The van der Waals surface area contributed by atoms with Crippen molar-refractivity contribution in [2.45, 2.75) is 13.8 Å². The minimum atomic E-state index is -0.407. The number of H-pyrrole nitrogens is 1. The highest BCUT2D eigenvalue weighted by Crippen LogP contribution is 2.21. The van der Waals surface area contributed by atoms with Crippen LogP contribution in [-0.4, -0.2) is 10.9 Å². The zero-order chi connectivity index (χ0) is 14.0. The number of pyridine rings is 1. The van der Waals surface area contributed by atoms with E-state index in [4.69, 9.17) is 0 Å². The normalized spacial score (nSPS) is 10.3. The van der Waals surface area contributed by atoms with Gasteiger partial charge >= 0.3 is 0 Å². The summed E-state index contributed by atoms with van der Waals surface area (Å²) in [6.07, 6.45) is 1.52. The van der Waals surface area contributed by atoms with Gasteiger partial charge in [-0.1, -0.05) is 22.0 Å². The summed E-state index contributed by atoms with van der Waals surface area (Å²) in [6, 6.07) is 7.19. The summed E-state index contributed by atoms with van der Waals surface area (Å²) in [7, 11) is 0. The maximum absolute atomic E-state index is 12.1. The number of halogens is 1. The average molecular weight is 321 g/mol. The number of aryl methyl sites for hydroxylation is 2. The minimum absolute atomic E-state index is 0.138. The summed E-state index contributed by atoms with van der Waals surface area (Å²) in [5, 5.41) is 2.72. The maximum atomic E-state index is 12.1. The van der Waals surface area contributed by atoms with E-state index in [0.29, 0.717) is 11.3 Å². The van der Waals surface area contributed by atoms with Gasteiger partial charge in [0.2, 0.25) is 0 Å². The Labute approximate surface area is 119 Å². The topological polar surface area (TPSA) is 62.0 Å². The van der Waals surface area contributed by atoms with E-state index >= 15 is 0 Å². The molecule has 5 heteroatoms. The molecule has 19 heavy (non-hydrogen) atoms. The van der Waals surface area contributed by atoms with Gasteiger partial charge in [0.25, 0.3) is 11.5 Å². The molecule has 4 nitrogen and oxygen atoms in total. The van der Waals surface area contributed by atoms with Gasteiger partial charge < -0.3 is 10.3 Å². The first-order chi connectivity index (χ1) is 8.99. The lowest BCUT2D eigenvalue weighted by Gasteiger charge is -2.08. The van der Waals surface area contributed by atoms with Gasteiger partial charge in [-0.3, -0.25) is 9.59 Å². The predicted molar refractivity (Wildman–Crippen MR) is 78.6 cm³/mol. The Hall–Kier alpha value is -1.88. The number of hydrogen-bond acceptors (Lipinski definition) is 2. The van der Waals surface area contributed by atoms with Crippen molar-refractivity contribution in [1.29, 1.82) is 0 Å². The van der Waals surface area contributed by atoms with Crippen LogP contribution < -0.4 is 10.9 Å². The standard InChI is InChI=1S/C14H13BrN2O2/c1-8-3-4-10(7-11(8)15)17-14(19)12-9(2)5-6-16-13(12)18/h3-7H,1-2H3,(H,16,18)(H,17,19). The van der Waals surface area contributed by atoms with Gasteiger partial charge in [-0.25, -0.2) is 0 Å². The number of hydrogen-bond donors (Lipinski definition) is 2. The zero-order valence-corrected chi connectivity index (χ0v) is 12.2. The summed E-state index contributed by atoms with van der Waals surface area (Å²) in [4.78, 5) is 26.3. The molecule has 98 valence electrons. The summed E-state index contributed by atoms with van der Waals surface area (Å²) in [5.74, 6) is -0.407. The number of aromatic nitrogens is 1. The molecule has 2 N–H and O–H groups in total. The fourth-order valence-electron chi connectivity index (χ4n) is 1.72. The van der Waals surface area contributed by atoms with Crippen molar-refractivity contribution >= 4 is 27.5 Å². The summed E-state index contributed by atoms with van der Waals surface area (Å²) in [6.45, 7) is 3.69. The van der Waals surface area contributed by atoms with E-state index in [-0.39, 0.29) is 11.1 Å². The fourth-order valence-corrected chi connectivity index (χ4v) is 2.10. The second kappa shape index (κ2) is 5.40. The molecule has 0 aliphatic heterocycles. The highest BCUT2D eigenvalue weighted by Gasteiger charge is 2.13. The zero-order valence-electron chi connectivity index (χ0n) is 10.6. The molecule has 1 aromatic carbocycles. The van der Waals surface area contributed by atoms with Crippen LogP contribution in [0.4, 0.5) is 5.69 Å². The lowest BCUT2D eigenvalue weighted by Crippen LogP contribution is -2.24. The molecule has 1 heterocycles. The highest BCUT2D eigenvalue weighted by atomic mass is 79.9. The molecule has 0 radical (unpaired) electrons. The number of nitrogens with one attached hydrogen (secondary N) is 2. The SMILES string of the molecule is Cc1ccc(NC(=O)c2c(C)cc[nH]c2=O)cc1Br. The largest absolute Gasteiger partial charge is 0.328 e. The molecule has 0 aliphatic rings. The van der Waals surface area contributed by atoms with Crippen LogP contribution in [0, 0.1) is 13.8 Å². The summed E-state index contributed by atoms with van der Waals surface area (Å²) < 4.78 is 0.906. The second-order valence-corrected chi connectivity index (χ2v) is 5.14. The summed E-state index contributed by atoms with van der Waals surface area (Å²) >= 11 is 3.40. The Morgan fingerprint density at radius 3 is 2.58 bits per heavy atom. The van der Waals surface area contributed by atoms with Crippen molar-refractivity contribution in [2.75, 3.05) is 5.32 Å². The number of aromatic amines is 1. The van der Waals surface area contributed by atoms with Crippen LogP contribution in [0.2, 0.25) is 0 Å². The first kappa shape index (κ1) is 13.5. The lowest BCUT2D eigenvalue weighted by molar-refractivity contribution is 0.102. The third kappa shape index (κ3) is 2.93. The Morgan fingerprint density at radius 1 is 1.21 bits per heavy atom. The molecule has 1 amide bonds. The van der Waals surface area contributed by atoms with Crippen molar-refractivity contribution in [3.8, 4) is 0 Å². The van der Waals surface area contributed by atoms with Gasteiger partial charge in [0, 0.05) is 16.4 Å². The molecule has 0 bridgehead atoms. The van der Waals surface area contributed by atoms with Crippen LogP contribution in [0.1, 0.15) is 21.5 Å². The van der Waals surface area contributed by atoms with Crippen molar-refractivity contribution < 1.29 is 4.79 Å². The van der Waals surface area contributed by atoms with Crippen LogP contribution in [-0.2, 0) is 0 Å². The van der Waals surface area contributed by atoms with Gasteiger partial charge in [-0.2, -0.15) is 0 Å². The van der Waals surface area contributed by atoms with Crippen LogP contribution in [0.25, 0.3) is 0 Å². The number of carbonyl (C=O) groups is 1. The van der Waals surface area contributed by atoms with E-state index < -0.39 is 5.91 Å². The molecule has 0 saturated heterocycles.